The van der Waals surface area contributed by atoms with Crippen LogP contribution < -0.4 is 5.73 Å². The van der Waals surface area contributed by atoms with Gasteiger partial charge in [-0.1, -0.05) is 12.8 Å². The van der Waals surface area contributed by atoms with E-state index in [-0.39, 0.29) is 5.91 Å². The van der Waals surface area contributed by atoms with Crippen LogP contribution in [0.1, 0.15) is 38.5 Å². The van der Waals surface area contributed by atoms with E-state index in [0.717, 1.165) is 32.1 Å². The van der Waals surface area contributed by atoms with Gasteiger partial charge in [-0.2, -0.15) is 0 Å². The summed E-state index contributed by atoms with van der Waals surface area (Å²) in [6.45, 7) is 0.909. The summed E-state index contributed by atoms with van der Waals surface area (Å²) in [4.78, 5) is 25.2. The number of hydrogen-bond acceptors (Lipinski definition) is 3. The van der Waals surface area contributed by atoms with Crippen LogP contribution >= 0.6 is 0 Å². The van der Waals surface area contributed by atoms with E-state index >= 15 is 0 Å². The summed E-state index contributed by atoms with van der Waals surface area (Å²) in [5.74, 6) is -0.914. The maximum Gasteiger partial charge on any atom is 0.326 e. The van der Waals surface area contributed by atoms with Gasteiger partial charge in [0.1, 0.15) is 6.04 Å². The smallest absolute Gasteiger partial charge is 0.326 e. The number of amides is 1. The topological polar surface area (TPSA) is 83.6 Å². The number of carboxylic acids is 1. The summed E-state index contributed by atoms with van der Waals surface area (Å²) in [7, 11) is 0. The van der Waals surface area contributed by atoms with Crippen LogP contribution in [0.5, 0.6) is 0 Å². The fraction of sp³-hybridized carbons (Fsp3) is 0.833. The highest BCUT2D eigenvalue weighted by Gasteiger charge is 2.52. The van der Waals surface area contributed by atoms with Crippen LogP contribution in [0.25, 0.3) is 0 Å². The van der Waals surface area contributed by atoms with Gasteiger partial charge >= 0.3 is 5.97 Å². The highest BCUT2D eigenvalue weighted by Crippen LogP contribution is 2.46. The molecule has 3 N–H and O–H groups in total. The van der Waals surface area contributed by atoms with Gasteiger partial charge in [0.15, 0.2) is 0 Å². The van der Waals surface area contributed by atoms with Gasteiger partial charge in [0.25, 0.3) is 0 Å². The maximum absolute atomic E-state index is 12.4. The second-order valence-electron chi connectivity index (χ2n) is 5.19. The van der Waals surface area contributed by atoms with Crippen molar-refractivity contribution >= 4 is 11.9 Å². The van der Waals surface area contributed by atoms with Gasteiger partial charge in [0, 0.05) is 13.1 Å². The molecule has 5 nitrogen and oxygen atoms in total. The van der Waals surface area contributed by atoms with Crippen LogP contribution in [-0.4, -0.2) is 41.0 Å². The van der Waals surface area contributed by atoms with Gasteiger partial charge in [-0.05, 0) is 25.7 Å². The Morgan fingerprint density at radius 1 is 1.29 bits per heavy atom. The minimum absolute atomic E-state index is 0.0331. The first-order chi connectivity index (χ1) is 8.10. The fourth-order valence-corrected chi connectivity index (χ4v) is 2.57. The molecule has 1 aliphatic carbocycles. The largest absolute Gasteiger partial charge is 0.480 e. The number of hydrogen-bond donors (Lipinski definition) is 2. The third-order valence-corrected chi connectivity index (χ3v) is 4.00. The first kappa shape index (κ1) is 12.4. The van der Waals surface area contributed by atoms with E-state index in [1.54, 1.807) is 4.90 Å². The molecule has 1 unspecified atom stereocenters. The molecule has 1 saturated carbocycles. The zero-order chi connectivity index (χ0) is 12.5. The van der Waals surface area contributed by atoms with Gasteiger partial charge in [-0.15, -0.1) is 0 Å². The van der Waals surface area contributed by atoms with Crippen LogP contribution in [-0.2, 0) is 9.59 Å². The third kappa shape index (κ3) is 2.29. The Kier molecular flexibility index (Phi) is 3.38. The first-order valence-electron chi connectivity index (χ1n) is 6.35. The van der Waals surface area contributed by atoms with E-state index in [9.17, 15) is 14.7 Å². The second kappa shape index (κ2) is 4.64. The number of nitrogens with two attached hydrogens (primary N) is 1. The van der Waals surface area contributed by atoms with Crippen LogP contribution in [0.3, 0.4) is 0 Å². The molecule has 17 heavy (non-hydrogen) atoms. The van der Waals surface area contributed by atoms with Crippen LogP contribution in [0.15, 0.2) is 0 Å². The Bertz CT molecular complexity index is 326. The molecular formula is C12H20N2O3. The summed E-state index contributed by atoms with van der Waals surface area (Å²) in [5, 5.41) is 9.22. The van der Waals surface area contributed by atoms with Gasteiger partial charge in [-0.25, -0.2) is 4.79 Å². The normalized spacial score (nSPS) is 27.4. The van der Waals surface area contributed by atoms with Crippen molar-refractivity contribution in [3.8, 4) is 0 Å². The molecular weight excluding hydrogens is 220 g/mol. The van der Waals surface area contributed by atoms with Gasteiger partial charge in [-0.3, -0.25) is 4.79 Å². The Balaban J connectivity index is 2.14. The van der Waals surface area contributed by atoms with Crippen LogP contribution in [0, 0.1) is 5.41 Å². The fourth-order valence-electron chi connectivity index (χ4n) is 2.57. The van der Waals surface area contributed by atoms with Gasteiger partial charge < -0.3 is 15.7 Å². The average Bonchev–Trinajstić information content (AvgIpc) is 3.12. The summed E-state index contributed by atoms with van der Waals surface area (Å²) >= 11 is 0. The van der Waals surface area contributed by atoms with E-state index in [1.165, 1.54) is 0 Å². The predicted octanol–water partition coefficient (Wildman–Crippen LogP) is 0.581. The monoisotopic (exact) mass is 240 g/mol. The molecule has 0 bridgehead atoms. The molecule has 96 valence electrons. The molecule has 1 heterocycles. The van der Waals surface area contributed by atoms with Crippen molar-refractivity contribution < 1.29 is 14.7 Å². The Labute approximate surface area is 101 Å². The number of rotatable bonds is 3. The Hall–Kier alpha value is -1.10. The van der Waals surface area contributed by atoms with Crippen molar-refractivity contribution in [3.05, 3.63) is 0 Å². The summed E-state index contributed by atoms with van der Waals surface area (Å²) < 4.78 is 0. The molecule has 1 amide bonds. The van der Waals surface area contributed by atoms with Crippen molar-refractivity contribution in [1.29, 1.82) is 0 Å². The highest BCUT2D eigenvalue weighted by molar-refractivity contribution is 5.89. The zero-order valence-electron chi connectivity index (χ0n) is 10.0. The predicted molar refractivity (Wildman–Crippen MR) is 62.3 cm³/mol. The molecule has 2 aliphatic rings. The number of carboxylic acid groups (broad SMARTS) is 1. The Morgan fingerprint density at radius 3 is 2.53 bits per heavy atom. The average molecular weight is 240 g/mol. The van der Waals surface area contributed by atoms with Crippen molar-refractivity contribution in [2.75, 3.05) is 13.1 Å². The summed E-state index contributed by atoms with van der Waals surface area (Å²) in [6.07, 6.45) is 4.98. The standard InChI is InChI=1S/C12H20N2O3/c13-8-12(5-6-12)11(17)14-7-3-1-2-4-9(14)10(15)16/h9H,1-8,13H2,(H,15,16). The van der Waals surface area contributed by atoms with Gasteiger partial charge in [0.05, 0.1) is 5.41 Å². The third-order valence-electron chi connectivity index (χ3n) is 4.00. The molecule has 0 spiro atoms. The Morgan fingerprint density at radius 2 is 2.00 bits per heavy atom. The number of nitrogens with zero attached hydrogens (tertiary/aromatic N) is 1. The van der Waals surface area contributed by atoms with Crippen molar-refractivity contribution in [1.82, 2.24) is 4.90 Å². The minimum Gasteiger partial charge on any atom is -0.480 e. The molecule has 2 fully saturated rings. The highest BCUT2D eigenvalue weighted by atomic mass is 16.4. The lowest BCUT2D eigenvalue weighted by Gasteiger charge is -2.30. The van der Waals surface area contributed by atoms with E-state index < -0.39 is 17.4 Å². The second-order valence-corrected chi connectivity index (χ2v) is 5.19. The summed E-state index contributed by atoms with van der Waals surface area (Å²) in [5.41, 5.74) is 5.21. The SMILES string of the molecule is NCC1(C(=O)N2CCCCCC2C(=O)O)CC1. The lowest BCUT2D eigenvalue weighted by molar-refractivity contribution is -0.152. The number of carbonyl (C=O) groups is 2. The molecule has 0 aromatic rings. The molecule has 1 aliphatic heterocycles. The molecule has 1 saturated heterocycles. The minimum atomic E-state index is -0.881. The van der Waals surface area contributed by atoms with E-state index in [1.807, 2.05) is 0 Å². The maximum atomic E-state index is 12.4. The number of aliphatic carboxylic acids is 1. The van der Waals surface area contributed by atoms with Crippen LogP contribution in [0.2, 0.25) is 0 Å². The number of carbonyl (C=O) groups excluding carboxylic acids is 1. The van der Waals surface area contributed by atoms with E-state index in [4.69, 9.17) is 5.73 Å². The van der Waals surface area contributed by atoms with Gasteiger partial charge in [0.2, 0.25) is 5.91 Å². The molecule has 0 radical (unpaired) electrons. The quantitative estimate of drug-likeness (QED) is 0.756. The lowest BCUT2D eigenvalue weighted by atomic mass is 10.0. The lowest BCUT2D eigenvalue weighted by Crippen LogP contribution is -2.49. The molecule has 1 atom stereocenters. The van der Waals surface area contributed by atoms with E-state index in [0.29, 0.717) is 19.5 Å². The van der Waals surface area contributed by atoms with Crippen molar-refractivity contribution in [3.63, 3.8) is 0 Å². The van der Waals surface area contributed by atoms with Crippen molar-refractivity contribution in [2.45, 2.75) is 44.6 Å². The number of likely N-dealkylation sites (tertiary alicyclic amines) is 1. The molecule has 2 rings (SSSR count). The van der Waals surface area contributed by atoms with Crippen molar-refractivity contribution in [2.24, 2.45) is 11.1 Å². The summed E-state index contributed by atoms with van der Waals surface area (Å²) in [6, 6.07) is -0.644. The molecule has 0 aromatic carbocycles. The zero-order valence-corrected chi connectivity index (χ0v) is 10.0. The van der Waals surface area contributed by atoms with E-state index in [2.05, 4.69) is 0 Å². The molecule has 5 heteroatoms. The molecule has 0 aromatic heterocycles. The van der Waals surface area contributed by atoms with Crippen LogP contribution in [0.4, 0.5) is 0 Å². The first-order valence-corrected chi connectivity index (χ1v) is 6.35.